The Kier molecular flexibility index (Phi) is 3.17. The first-order valence-corrected chi connectivity index (χ1v) is 5.29. The van der Waals surface area contributed by atoms with E-state index in [1.54, 1.807) is 13.0 Å². The van der Waals surface area contributed by atoms with Crippen LogP contribution in [0, 0.1) is 6.92 Å². The molecule has 18 heavy (non-hydrogen) atoms. The Morgan fingerprint density at radius 2 is 1.94 bits per heavy atom. The maximum atomic E-state index is 12.5. The molecular formula is C13H11F3O2. The number of benzene rings is 1. The summed E-state index contributed by atoms with van der Waals surface area (Å²) >= 11 is 0. The third kappa shape index (κ3) is 2.41. The van der Waals surface area contributed by atoms with E-state index >= 15 is 0 Å². The van der Waals surface area contributed by atoms with E-state index in [-0.39, 0.29) is 11.3 Å². The van der Waals surface area contributed by atoms with Gasteiger partial charge in [0.1, 0.15) is 11.9 Å². The van der Waals surface area contributed by atoms with Gasteiger partial charge in [-0.05, 0) is 36.2 Å². The van der Waals surface area contributed by atoms with Crippen molar-refractivity contribution in [1.29, 1.82) is 0 Å². The van der Waals surface area contributed by atoms with Crippen molar-refractivity contribution in [1.82, 2.24) is 0 Å². The van der Waals surface area contributed by atoms with Crippen molar-refractivity contribution >= 4 is 0 Å². The molecule has 96 valence electrons. The maximum Gasteiger partial charge on any atom is 0.416 e. The van der Waals surface area contributed by atoms with Crippen LogP contribution >= 0.6 is 0 Å². The van der Waals surface area contributed by atoms with Crippen LogP contribution in [0.3, 0.4) is 0 Å². The van der Waals surface area contributed by atoms with Crippen LogP contribution in [0.2, 0.25) is 0 Å². The second kappa shape index (κ2) is 4.49. The molecule has 0 bridgehead atoms. The minimum absolute atomic E-state index is 0.155. The topological polar surface area (TPSA) is 33.4 Å². The van der Waals surface area contributed by atoms with Gasteiger partial charge in [0.15, 0.2) is 0 Å². The van der Waals surface area contributed by atoms with Crippen molar-refractivity contribution in [3.05, 3.63) is 59.0 Å². The fourth-order valence-electron chi connectivity index (χ4n) is 1.70. The van der Waals surface area contributed by atoms with E-state index < -0.39 is 17.8 Å². The molecule has 1 N–H and O–H groups in total. The quantitative estimate of drug-likeness (QED) is 0.889. The summed E-state index contributed by atoms with van der Waals surface area (Å²) in [5.74, 6) is 0.259. The van der Waals surface area contributed by atoms with E-state index in [0.29, 0.717) is 5.56 Å². The van der Waals surface area contributed by atoms with Gasteiger partial charge in [0, 0.05) is 0 Å². The number of aliphatic hydroxyl groups excluding tert-OH is 1. The Morgan fingerprint density at radius 3 is 2.50 bits per heavy atom. The van der Waals surface area contributed by atoms with E-state index in [0.717, 1.165) is 12.1 Å². The van der Waals surface area contributed by atoms with Crippen molar-refractivity contribution in [2.75, 3.05) is 0 Å². The van der Waals surface area contributed by atoms with Gasteiger partial charge in [0.25, 0.3) is 0 Å². The van der Waals surface area contributed by atoms with Gasteiger partial charge in [-0.25, -0.2) is 0 Å². The molecule has 0 spiro atoms. The minimum Gasteiger partial charge on any atom is -0.466 e. The number of aliphatic hydroxyl groups is 1. The first-order chi connectivity index (χ1) is 8.39. The summed E-state index contributed by atoms with van der Waals surface area (Å²) in [6.07, 6.45) is -4.22. The average Bonchev–Trinajstić information content (AvgIpc) is 2.73. The smallest absolute Gasteiger partial charge is 0.416 e. The molecule has 1 atom stereocenters. The van der Waals surface area contributed by atoms with Crippen LogP contribution in [0.4, 0.5) is 13.2 Å². The molecule has 5 heteroatoms. The van der Waals surface area contributed by atoms with E-state index in [1.807, 2.05) is 0 Å². The van der Waals surface area contributed by atoms with Gasteiger partial charge in [0.05, 0.1) is 11.8 Å². The SMILES string of the molecule is Cc1ccoc1C(O)c1cccc(C(F)(F)F)c1. The first kappa shape index (κ1) is 12.7. The molecule has 1 heterocycles. The average molecular weight is 256 g/mol. The highest BCUT2D eigenvalue weighted by Crippen LogP contribution is 2.32. The number of halogens is 3. The highest BCUT2D eigenvalue weighted by Gasteiger charge is 2.31. The zero-order valence-electron chi connectivity index (χ0n) is 9.53. The molecule has 0 aliphatic heterocycles. The van der Waals surface area contributed by atoms with Gasteiger partial charge >= 0.3 is 6.18 Å². The molecule has 0 saturated carbocycles. The lowest BCUT2D eigenvalue weighted by atomic mass is 10.0. The predicted octanol–water partition coefficient (Wildman–Crippen LogP) is 3.69. The van der Waals surface area contributed by atoms with E-state index in [4.69, 9.17) is 4.42 Å². The molecule has 2 aromatic rings. The van der Waals surface area contributed by atoms with Gasteiger partial charge in [0.2, 0.25) is 0 Å². The Balaban J connectivity index is 2.38. The molecule has 0 aliphatic carbocycles. The van der Waals surface area contributed by atoms with Gasteiger partial charge in [-0.3, -0.25) is 0 Å². The van der Waals surface area contributed by atoms with Crippen molar-refractivity contribution < 1.29 is 22.7 Å². The predicted molar refractivity (Wildman–Crippen MR) is 59.0 cm³/mol. The van der Waals surface area contributed by atoms with Gasteiger partial charge in [-0.1, -0.05) is 12.1 Å². The van der Waals surface area contributed by atoms with Crippen LogP contribution in [0.5, 0.6) is 0 Å². The Bertz CT molecular complexity index is 543. The van der Waals surface area contributed by atoms with Crippen LogP contribution in [-0.2, 0) is 6.18 Å². The standard InChI is InChI=1S/C13H11F3O2/c1-8-5-6-18-12(8)11(17)9-3-2-4-10(7-9)13(14,15)16/h2-7,11,17H,1H3. The molecule has 0 fully saturated rings. The third-order valence-electron chi connectivity index (χ3n) is 2.68. The van der Waals surface area contributed by atoms with Crippen molar-refractivity contribution in [3.8, 4) is 0 Å². The van der Waals surface area contributed by atoms with Crippen LogP contribution in [0.15, 0.2) is 41.0 Å². The van der Waals surface area contributed by atoms with Gasteiger partial charge in [-0.15, -0.1) is 0 Å². The monoisotopic (exact) mass is 256 g/mol. The number of hydrogen-bond donors (Lipinski definition) is 1. The zero-order chi connectivity index (χ0) is 13.3. The van der Waals surface area contributed by atoms with Crippen LogP contribution in [-0.4, -0.2) is 5.11 Å². The zero-order valence-corrected chi connectivity index (χ0v) is 9.53. The minimum atomic E-state index is -4.42. The summed E-state index contributed by atoms with van der Waals surface area (Å²) in [6.45, 7) is 1.72. The molecule has 2 nitrogen and oxygen atoms in total. The van der Waals surface area contributed by atoms with Crippen LogP contribution < -0.4 is 0 Å². The fraction of sp³-hybridized carbons (Fsp3) is 0.231. The number of furan rings is 1. The lowest BCUT2D eigenvalue weighted by Gasteiger charge is -2.12. The van der Waals surface area contributed by atoms with Crippen molar-refractivity contribution in [3.63, 3.8) is 0 Å². The summed E-state index contributed by atoms with van der Waals surface area (Å²) in [7, 11) is 0. The molecule has 0 radical (unpaired) electrons. The van der Waals surface area contributed by atoms with Crippen LogP contribution in [0.25, 0.3) is 0 Å². The Labute approximate surface area is 102 Å². The Morgan fingerprint density at radius 1 is 1.22 bits per heavy atom. The number of alkyl halides is 3. The molecule has 0 amide bonds. The highest BCUT2D eigenvalue weighted by atomic mass is 19.4. The van der Waals surface area contributed by atoms with Crippen molar-refractivity contribution in [2.45, 2.75) is 19.2 Å². The lowest BCUT2D eigenvalue weighted by molar-refractivity contribution is -0.137. The summed E-state index contributed by atoms with van der Waals surface area (Å²) in [4.78, 5) is 0. The molecule has 0 aliphatic rings. The maximum absolute atomic E-state index is 12.5. The van der Waals surface area contributed by atoms with Crippen LogP contribution in [0.1, 0.15) is 28.6 Å². The summed E-state index contributed by atoms with van der Waals surface area (Å²) < 4.78 is 42.7. The Hall–Kier alpha value is -1.75. The molecule has 1 aromatic carbocycles. The first-order valence-electron chi connectivity index (χ1n) is 5.29. The fourth-order valence-corrected chi connectivity index (χ4v) is 1.70. The number of rotatable bonds is 2. The van der Waals surface area contributed by atoms with E-state index in [2.05, 4.69) is 0 Å². The van der Waals surface area contributed by atoms with Gasteiger partial charge < -0.3 is 9.52 Å². The molecule has 2 rings (SSSR count). The normalized spacial score (nSPS) is 13.6. The van der Waals surface area contributed by atoms with Crippen molar-refractivity contribution in [2.24, 2.45) is 0 Å². The van der Waals surface area contributed by atoms with Gasteiger partial charge in [-0.2, -0.15) is 13.2 Å². The number of hydrogen-bond acceptors (Lipinski definition) is 2. The molecule has 1 aromatic heterocycles. The molecule has 1 unspecified atom stereocenters. The largest absolute Gasteiger partial charge is 0.466 e. The highest BCUT2D eigenvalue weighted by molar-refractivity contribution is 5.32. The third-order valence-corrected chi connectivity index (χ3v) is 2.68. The summed E-state index contributed by atoms with van der Waals surface area (Å²) in [5.41, 5.74) is 0.0612. The second-order valence-corrected chi connectivity index (χ2v) is 3.99. The lowest BCUT2D eigenvalue weighted by Crippen LogP contribution is -2.07. The van der Waals surface area contributed by atoms with E-state index in [9.17, 15) is 18.3 Å². The summed E-state index contributed by atoms with van der Waals surface area (Å²) in [5, 5.41) is 9.99. The number of aryl methyl sites for hydroxylation is 1. The summed E-state index contributed by atoms with van der Waals surface area (Å²) in [6, 6.07) is 6.23. The second-order valence-electron chi connectivity index (χ2n) is 3.99. The van der Waals surface area contributed by atoms with E-state index in [1.165, 1.54) is 18.4 Å². The molecular weight excluding hydrogens is 245 g/mol. The molecule has 0 saturated heterocycles.